The van der Waals surface area contributed by atoms with Crippen molar-refractivity contribution in [3.63, 3.8) is 0 Å². The second kappa shape index (κ2) is 6.99. The van der Waals surface area contributed by atoms with Crippen molar-refractivity contribution in [2.24, 2.45) is 5.92 Å². The van der Waals surface area contributed by atoms with Crippen LogP contribution in [0.25, 0.3) is 0 Å². The van der Waals surface area contributed by atoms with Crippen LogP contribution in [0.3, 0.4) is 0 Å². The molecule has 0 spiro atoms. The van der Waals surface area contributed by atoms with Crippen LogP contribution in [0.5, 0.6) is 0 Å². The highest BCUT2D eigenvalue weighted by Crippen LogP contribution is 2.36. The average Bonchev–Trinajstić information content (AvgIpc) is 3.09. The van der Waals surface area contributed by atoms with Gasteiger partial charge >= 0.3 is 0 Å². The number of hydrogen-bond donors (Lipinski definition) is 2. The lowest BCUT2D eigenvalue weighted by Crippen LogP contribution is -2.28. The zero-order chi connectivity index (χ0) is 16.4. The van der Waals surface area contributed by atoms with Crippen molar-refractivity contribution in [3.05, 3.63) is 52.1 Å². The second-order valence-corrected chi connectivity index (χ2v) is 6.71. The maximum Gasteiger partial charge on any atom is 0.142 e. The molecule has 0 aliphatic carbocycles. The van der Waals surface area contributed by atoms with Crippen LogP contribution in [0.2, 0.25) is 5.02 Å². The van der Waals surface area contributed by atoms with Crippen molar-refractivity contribution in [2.45, 2.75) is 25.9 Å². The van der Waals surface area contributed by atoms with Gasteiger partial charge in [-0.25, -0.2) is 4.39 Å². The Kier molecular flexibility index (Phi) is 4.99. The minimum Gasteiger partial charge on any atom is -0.312 e. The Balaban J connectivity index is 1.66. The molecule has 4 nitrogen and oxygen atoms in total. The van der Waals surface area contributed by atoms with Crippen molar-refractivity contribution < 1.29 is 4.39 Å². The molecule has 0 amide bonds. The van der Waals surface area contributed by atoms with Gasteiger partial charge in [-0.05, 0) is 50.6 Å². The van der Waals surface area contributed by atoms with Gasteiger partial charge in [-0.15, -0.1) is 0 Å². The number of nitrogens with zero attached hydrogens (tertiary/aromatic N) is 2. The first-order valence-corrected chi connectivity index (χ1v) is 8.29. The maximum absolute atomic E-state index is 13.8. The Bertz CT molecular complexity index is 672. The first kappa shape index (κ1) is 16.4. The third kappa shape index (κ3) is 3.57. The van der Waals surface area contributed by atoms with Gasteiger partial charge in [-0.3, -0.25) is 10.00 Å². The van der Waals surface area contributed by atoms with E-state index in [0.717, 1.165) is 37.3 Å². The van der Waals surface area contributed by atoms with Crippen LogP contribution >= 0.6 is 11.6 Å². The number of hydrogen-bond acceptors (Lipinski definition) is 3. The van der Waals surface area contributed by atoms with Gasteiger partial charge in [0.2, 0.25) is 0 Å². The molecule has 0 saturated carbocycles. The molecular formula is C17H22ClFN4. The molecule has 23 heavy (non-hydrogen) atoms. The van der Waals surface area contributed by atoms with E-state index in [2.05, 4.69) is 27.5 Å². The molecule has 1 aromatic carbocycles. The van der Waals surface area contributed by atoms with E-state index in [1.165, 1.54) is 5.56 Å². The number of aromatic nitrogens is 2. The summed E-state index contributed by atoms with van der Waals surface area (Å²) in [7, 11) is 2.09. The summed E-state index contributed by atoms with van der Waals surface area (Å²) in [5, 5.41) is 10.7. The van der Waals surface area contributed by atoms with E-state index < -0.39 is 0 Å². The number of nitrogens with one attached hydrogen (secondary N) is 2. The van der Waals surface area contributed by atoms with Gasteiger partial charge in [0.15, 0.2) is 0 Å². The molecule has 1 fully saturated rings. The quantitative estimate of drug-likeness (QED) is 0.880. The average molecular weight is 337 g/mol. The molecule has 0 unspecified atom stereocenters. The third-order valence-electron chi connectivity index (χ3n) is 4.72. The summed E-state index contributed by atoms with van der Waals surface area (Å²) in [6.45, 7) is 4.73. The van der Waals surface area contributed by atoms with E-state index >= 15 is 0 Å². The van der Waals surface area contributed by atoms with E-state index in [-0.39, 0.29) is 16.9 Å². The van der Waals surface area contributed by atoms with Gasteiger partial charge in [-0.2, -0.15) is 5.10 Å². The van der Waals surface area contributed by atoms with Gasteiger partial charge in [0.05, 0.1) is 11.2 Å². The fourth-order valence-corrected chi connectivity index (χ4v) is 3.53. The number of halogens is 2. The van der Waals surface area contributed by atoms with Gasteiger partial charge in [0.25, 0.3) is 0 Å². The molecule has 2 heterocycles. The first-order valence-electron chi connectivity index (χ1n) is 7.91. The van der Waals surface area contributed by atoms with Crippen LogP contribution in [0.1, 0.15) is 29.3 Å². The molecule has 1 aliphatic heterocycles. The molecule has 0 radical (unpaired) electrons. The highest BCUT2D eigenvalue weighted by Gasteiger charge is 2.33. The van der Waals surface area contributed by atoms with Crippen molar-refractivity contribution in [3.8, 4) is 0 Å². The molecule has 1 aromatic heterocycles. The normalized spacial score (nSPS) is 21.9. The Morgan fingerprint density at radius 2 is 2.30 bits per heavy atom. The summed E-state index contributed by atoms with van der Waals surface area (Å²) < 4.78 is 13.8. The summed E-state index contributed by atoms with van der Waals surface area (Å²) in [5.74, 6) is 0.109. The minimum atomic E-state index is -0.342. The third-order valence-corrected chi connectivity index (χ3v) is 5.02. The zero-order valence-corrected chi connectivity index (χ0v) is 14.2. The molecule has 2 N–H and O–H groups in total. The lowest BCUT2D eigenvalue weighted by molar-refractivity contribution is 0.271. The van der Waals surface area contributed by atoms with Crippen molar-refractivity contribution >= 4 is 11.6 Å². The summed E-state index contributed by atoms with van der Waals surface area (Å²) >= 11 is 5.81. The van der Waals surface area contributed by atoms with Crippen molar-refractivity contribution in [1.82, 2.24) is 20.4 Å². The molecule has 2 aromatic rings. The highest BCUT2D eigenvalue weighted by molar-refractivity contribution is 6.30. The van der Waals surface area contributed by atoms with E-state index in [4.69, 9.17) is 11.6 Å². The molecule has 1 saturated heterocycles. The van der Waals surface area contributed by atoms with Crippen molar-refractivity contribution in [1.29, 1.82) is 0 Å². The van der Waals surface area contributed by atoms with E-state index in [1.54, 1.807) is 12.1 Å². The van der Waals surface area contributed by atoms with Gasteiger partial charge < -0.3 is 5.32 Å². The number of likely N-dealkylation sites (tertiary alicyclic amines) is 1. The summed E-state index contributed by atoms with van der Waals surface area (Å²) in [6.07, 6.45) is 2.96. The van der Waals surface area contributed by atoms with Crippen LogP contribution in [0.4, 0.5) is 4.39 Å². The number of rotatable bonds is 5. The van der Waals surface area contributed by atoms with Crippen LogP contribution in [-0.2, 0) is 6.54 Å². The molecule has 0 bridgehead atoms. The number of aromatic amines is 1. The van der Waals surface area contributed by atoms with E-state index in [1.807, 2.05) is 19.2 Å². The Labute approximate surface area is 141 Å². The topological polar surface area (TPSA) is 44.0 Å². The summed E-state index contributed by atoms with van der Waals surface area (Å²) in [5.41, 5.74) is 3.28. The molecule has 3 rings (SSSR count). The van der Waals surface area contributed by atoms with E-state index in [0.29, 0.717) is 5.92 Å². The monoisotopic (exact) mass is 336 g/mol. The standard InChI is InChI=1S/C17H22ClFN4/c1-11-14(10-21-22-11)9-20-8-13-5-6-23(2)17(13)12-3-4-15(18)16(19)7-12/h3-4,7,10,13,17,20H,5-6,8-9H2,1-2H3,(H,21,22)/t13-,17-/m1/s1. The van der Waals surface area contributed by atoms with Gasteiger partial charge in [0.1, 0.15) is 5.82 Å². The van der Waals surface area contributed by atoms with Crippen LogP contribution in [0, 0.1) is 18.7 Å². The smallest absolute Gasteiger partial charge is 0.142 e. The number of aryl methyl sites for hydroxylation is 1. The predicted octanol–water partition coefficient (Wildman–Crippen LogP) is 3.29. The molecule has 2 atom stereocenters. The van der Waals surface area contributed by atoms with Crippen LogP contribution in [0.15, 0.2) is 24.4 Å². The molecular weight excluding hydrogens is 315 g/mol. The molecule has 124 valence electrons. The predicted molar refractivity (Wildman–Crippen MR) is 89.9 cm³/mol. The Morgan fingerprint density at radius 1 is 1.48 bits per heavy atom. The number of benzene rings is 1. The maximum atomic E-state index is 13.8. The van der Waals surface area contributed by atoms with Gasteiger partial charge in [-0.1, -0.05) is 17.7 Å². The molecule has 6 heteroatoms. The fraction of sp³-hybridized carbons (Fsp3) is 0.471. The SMILES string of the molecule is Cc1[nH]ncc1CNC[C@H]1CCN(C)[C@@H]1c1ccc(Cl)c(F)c1. The Hall–Kier alpha value is -1.43. The highest BCUT2D eigenvalue weighted by atomic mass is 35.5. The van der Waals surface area contributed by atoms with Crippen molar-refractivity contribution in [2.75, 3.05) is 20.1 Å². The summed E-state index contributed by atoms with van der Waals surface area (Å²) in [6, 6.07) is 5.38. The van der Waals surface area contributed by atoms with Crippen LogP contribution < -0.4 is 5.32 Å². The first-order chi connectivity index (χ1) is 11.1. The van der Waals surface area contributed by atoms with E-state index in [9.17, 15) is 4.39 Å². The lowest BCUT2D eigenvalue weighted by Gasteiger charge is -2.26. The lowest BCUT2D eigenvalue weighted by atomic mass is 9.93. The molecule has 1 aliphatic rings. The fourth-order valence-electron chi connectivity index (χ4n) is 3.41. The van der Waals surface area contributed by atoms with Gasteiger partial charge in [0, 0.05) is 30.4 Å². The Morgan fingerprint density at radius 3 is 3.00 bits per heavy atom. The number of H-pyrrole nitrogens is 1. The zero-order valence-electron chi connectivity index (χ0n) is 13.4. The summed E-state index contributed by atoms with van der Waals surface area (Å²) in [4.78, 5) is 2.29. The minimum absolute atomic E-state index is 0.180. The van der Waals surface area contributed by atoms with Crippen LogP contribution in [-0.4, -0.2) is 35.2 Å². The largest absolute Gasteiger partial charge is 0.312 e. The second-order valence-electron chi connectivity index (χ2n) is 6.30.